The number of hydrogen-bond donors (Lipinski definition) is 1. The molecule has 7 heteroatoms. The van der Waals surface area contributed by atoms with Crippen LogP contribution >= 0.6 is 23.4 Å². The minimum Gasteiger partial charge on any atom is -0.314 e. The summed E-state index contributed by atoms with van der Waals surface area (Å²) in [5.74, 6) is 0.00643. The van der Waals surface area contributed by atoms with E-state index in [1.54, 1.807) is 6.07 Å². The monoisotopic (exact) mass is 448 g/mol. The largest absolute Gasteiger partial charge is 0.314 e. The highest BCUT2D eigenvalue weighted by molar-refractivity contribution is 7.99. The standard InChI is InChI=1S/C24H21ClN4OS/c1-17(19-11-5-6-12-20(19)25)27-28-23(30)16-31-24-26-21-13-7-8-14-22(21)29(24)15-18-9-3-2-4-10-18/h2-14H,15-16H2,1H3,(H,28,30)/b27-17-. The number of aromatic nitrogens is 2. The Labute approximate surface area is 190 Å². The summed E-state index contributed by atoms with van der Waals surface area (Å²) in [6, 6.07) is 25.6. The molecule has 0 unspecified atom stereocenters. The van der Waals surface area contributed by atoms with Crippen LogP contribution in [-0.4, -0.2) is 26.9 Å². The number of carbonyl (C=O) groups excluding carboxylic acids is 1. The van der Waals surface area contributed by atoms with Crippen molar-refractivity contribution in [3.63, 3.8) is 0 Å². The topological polar surface area (TPSA) is 59.3 Å². The van der Waals surface area contributed by atoms with Gasteiger partial charge in [-0.05, 0) is 30.7 Å². The lowest BCUT2D eigenvalue weighted by Gasteiger charge is -2.09. The molecule has 1 amide bonds. The molecule has 0 aliphatic rings. The van der Waals surface area contributed by atoms with Gasteiger partial charge in [0, 0.05) is 10.6 Å². The van der Waals surface area contributed by atoms with E-state index in [4.69, 9.17) is 16.6 Å². The summed E-state index contributed by atoms with van der Waals surface area (Å²) >= 11 is 7.58. The normalized spacial score (nSPS) is 11.6. The van der Waals surface area contributed by atoms with E-state index in [-0.39, 0.29) is 11.7 Å². The Morgan fingerprint density at radius 2 is 1.74 bits per heavy atom. The van der Waals surface area contributed by atoms with Crippen LogP contribution in [0.2, 0.25) is 5.02 Å². The third-order valence-electron chi connectivity index (χ3n) is 4.75. The number of amides is 1. The second-order valence-corrected chi connectivity index (χ2v) is 8.31. The number of carbonyl (C=O) groups is 1. The van der Waals surface area contributed by atoms with Crippen LogP contribution in [-0.2, 0) is 11.3 Å². The highest BCUT2D eigenvalue weighted by Crippen LogP contribution is 2.25. The molecule has 0 aliphatic carbocycles. The summed E-state index contributed by atoms with van der Waals surface area (Å²) in [7, 11) is 0. The number of nitrogens with zero attached hydrogens (tertiary/aromatic N) is 3. The minimum absolute atomic E-state index is 0.199. The molecule has 0 saturated heterocycles. The zero-order valence-electron chi connectivity index (χ0n) is 17.0. The molecule has 0 spiro atoms. The molecule has 3 aromatic carbocycles. The van der Waals surface area contributed by atoms with Gasteiger partial charge < -0.3 is 4.57 Å². The van der Waals surface area contributed by atoms with Crippen LogP contribution < -0.4 is 5.43 Å². The molecular weight excluding hydrogens is 428 g/mol. The van der Waals surface area contributed by atoms with Crippen LogP contribution in [0.5, 0.6) is 0 Å². The molecule has 156 valence electrons. The molecule has 0 bridgehead atoms. The van der Waals surface area contributed by atoms with Crippen LogP contribution in [0.4, 0.5) is 0 Å². The van der Waals surface area contributed by atoms with Gasteiger partial charge in [-0.2, -0.15) is 5.10 Å². The number of benzene rings is 3. The number of rotatable bonds is 7. The molecule has 0 aliphatic heterocycles. The first-order valence-corrected chi connectivity index (χ1v) is 11.2. The van der Waals surface area contributed by atoms with Crippen molar-refractivity contribution in [1.29, 1.82) is 0 Å². The van der Waals surface area contributed by atoms with Crippen molar-refractivity contribution in [3.8, 4) is 0 Å². The predicted molar refractivity (Wildman–Crippen MR) is 128 cm³/mol. The third-order valence-corrected chi connectivity index (χ3v) is 6.05. The summed E-state index contributed by atoms with van der Waals surface area (Å²) < 4.78 is 2.14. The number of fused-ring (bicyclic) bond motifs is 1. The molecule has 0 saturated carbocycles. The average molecular weight is 449 g/mol. The molecule has 1 heterocycles. The summed E-state index contributed by atoms with van der Waals surface area (Å²) in [5.41, 5.74) is 7.19. The van der Waals surface area contributed by atoms with Crippen molar-refractivity contribution in [2.45, 2.75) is 18.6 Å². The van der Waals surface area contributed by atoms with Crippen LogP contribution in [0.25, 0.3) is 11.0 Å². The molecule has 4 aromatic rings. The van der Waals surface area contributed by atoms with Crippen molar-refractivity contribution in [3.05, 3.63) is 95.0 Å². The number of nitrogens with one attached hydrogen (secondary N) is 1. The molecular formula is C24H21ClN4OS. The lowest BCUT2D eigenvalue weighted by molar-refractivity contribution is -0.118. The fourth-order valence-electron chi connectivity index (χ4n) is 3.21. The van der Waals surface area contributed by atoms with Gasteiger partial charge in [-0.15, -0.1) is 0 Å². The SMILES string of the molecule is C/C(=N/NC(=O)CSc1nc2ccccc2n1Cc1ccccc1)c1ccccc1Cl. The van der Waals surface area contributed by atoms with Gasteiger partial charge >= 0.3 is 0 Å². The van der Waals surface area contributed by atoms with E-state index in [9.17, 15) is 4.79 Å². The molecule has 1 aromatic heterocycles. The first kappa shape index (κ1) is 21.2. The summed E-state index contributed by atoms with van der Waals surface area (Å²) in [6.45, 7) is 2.50. The Kier molecular flexibility index (Phi) is 6.70. The van der Waals surface area contributed by atoms with Gasteiger partial charge in [-0.25, -0.2) is 10.4 Å². The number of halogens is 1. The van der Waals surface area contributed by atoms with Crippen molar-refractivity contribution in [2.75, 3.05) is 5.75 Å². The quantitative estimate of drug-likeness (QED) is 0.235. The number of hydrogen-bond acceptors (Lipinski definition) is 4. The number of thioether (sulfide) groups is 1. The van der Waals surface area contributed by atoms with Gasteiger partial charge in [0.1, 0.15) is 0 Å². The van der Waals surface area contributed by atoms with Gasteiger partial charge in [0.15, 0.2) is 5.16 Å². The first-order chi connectivity index (χ1) is 15.1. The second kappa shape index (κ2) is 9.81. The predicted octanol–water partition coefficient (Wildman–Crippen LogP) is 5.37. The molecule has 0 radical (unpaired) electrons. The van der Waals surface area contributed by atoms with Gasteiger partial charge in [0.25, 0.3) is 5.91 Å². The van der Waals surface area contributed by atoms with Crippen molar-refractivity contribution in [1.82, 2.24) is 15.0 Å². The number of para-hydroxylation sites is 2. The molecule has 1 N–H and O–H groups in total. The van der Waals surface area contributed by atoms with Gasteiger partial charge in [0.05, 0.1) is 29.0 Å². The third kappa shape index (κ3) is 5.16. The Bertz CT molecular complexity index is 1240. The van der Waals surface area contributed by atoms with E-state index >= 15 is 0 Å². The minimum atomic E-state index is -0.199. The maximum Gasteiger partial charge on any atom is 0.250 e. The lowest BCUT2D eigenvalue weighted by atomic mass is 10.1. The highest BCUT2D eigenvalue weighted by atomic mass is 35.5. The van der Waals surface area contributed by atoms with Gasteiger partial charge in [-0.3, -0.25) is 4.79 Å². The molecule has 0 atom stereocenters. The number of hydrazone groups is 1. The molecule has 5 nitrogen and oxygen atoms in total. The second-order valence-electron chi connectivity index (χ2n) is 6.96. The average Bonchev–Trinajstić information content (AvgIpc) is 3.14. The number of imidazole rings is 1. The maximum absolute atomic E-state index is 12.4. The Morgan fingerprint density at radius 1 is 1.03 bits per heavy atom. The van der Waals surface area contributed by atoms with Crippen LogP contribution in [0.15, 0.2) is 89.1 Å². The van der Waals surface area contributed by atoms with Crippen molar-refractivity contribution in [2.24, 2.45) is 5.10 Å². The Balaban J connectivity index is 1.47. The van der Waals surface area contributed by atoms with E-state index in [1.165, 1.54) is 17.3 Å². The van der Waals surface area contributed by atoms with Crippen molar-refractivity contribution < 1.29 is 4.79 Å². The fourth-order valence-corrected chi connectivity index (χ4v) is 4.28. The fraction of sp³-hybridized carbons (Fsp3) is 0.125. The summed E-state index contributed by atoms with van der Waals surface area (Å²) in [6.07, 6.45) is 0. The van der Waals surface area contributed by atoms with E-state index in [0.717, 1.165) is 21.8 Å². The molecule has 0 fully saturated rings. The van der Waals surface area contributed by atoms with Crippen LogP contribution in [0.1, 0.15) is 18.1 Å². The zero-order chi connectivity index (χ0) is 21.6. The maximum atomic E-state index is 12.4. The van der Waals surface area contributed by atoms with Crippen LogP contribution in [0, 0.1) is 0 Å². The Hall–Kier alpha value is -3.09. The van der Waals surface area contributed by atoms with E-state index in [2.05, 4.69) is 27.2 Å². The van der Waals surface area contributed by atoms with Crippen LogP contribution in [0.3, 0.4) is 0 Å². The Morgan fingerprint density at radius 3 is 2.55 bits per heavy atom. The molecule has 31 heavy (non-hydrogen) atoms. The van der Waals surface area contributed by atoms with Gasteiger partial charge in [0.2, 0.25) is 0 Å². The van der Waals surface area contributed by atoms with E-state index in [1.807, 2.05) is 67.6 Å². The van der Waals surface area contributed by atoms with E-state index < -0.39 is 0 Å². The summed E-state index contributed by atoms with van der Waals surface area (Å²) in [4.78, 5) is 17.1. The smallest absolute Gasteiger partial charge is 0.250 e. The van der Waals surface area contributed by atoms with Crippen molar-refractivity contribution >= 4 is 46.0 Å². The lowest BCUT2D eigenvalue weighted by Crippen LogP contribution is -2.21. The highest BCUT2D eigenvalue weighted by Gasteiger charge is 2.13. The first-order valence-electron chi connectivity index (χ1n) is 9.82. The van der Waals surface area contributed by atoms with E-state index in [0.29, 0.717) is 17.3 Å². The zero-order valence-corrected chi connectivity index (χ0v) is 18.5. The summed E-state index contributed by atoms with van der Waals surface area (Å²) in [5, 5.41) is 5.59. The van der Waals surface area contributed by atoms with Gasteiger partial charge in [-0.1, -0.05) is 84.0 Å². The molecule has 4 rings (SSSR count).